The van der Waals surface area contributed by atoms with Crippen molar-refractivity contribution in [1.82, 2.24) is 9.80 Å². The Hall–Kier alpha value is -0.900. The van der Waals surface area contributed by atoms with E-state index < -0.39 is 5.60 Å². The largest absolute Gasteiger partial charge is 0.389 e. The summed E-state index contributed by atoms with van der Waals surface area (Å²) in [4.78, 5) is 4.63. The second kappa shape index (κ2) is 7.92. The van der Waals surface area contributed by atoms with Crippen LogP contribution in [-0.2, 0) is 6.42 Å². The van der Waals surface area contributed by atoms with Gasteiger partial charge in [0.2, 0.25) is 0 Å². The van der Waals surface area contributed by atoms with Crippen molar-refractivity contribution in [3.8, 4) is 0 Å². The molecule has 0 radical (unpaired) electrons. The topological polar surface area (TPSA) is 26.7 Å². The third-order valence-electron chi connectivity index (χ3n) is 4.40. The molecule has 1 aliphatic heterocycles. The van der Waals surface area contributed by atoms with Crippen LogP contribution in [-0.4, -0.2) is 60.8 Å². The van der Waals surface area contributed by atoms with Crippen LogP contribution in [0.15, 0.2) is 30.3 Å². The van der Waals surface area contributed by atoms with Crippen molar-refractivity contribution < 1.29 is 5.11 Å². The molecule has 0 aromatic heterocycles. The molecule has 2 rings (SSSR count). The van der Waals surface area contributed by atoms with Crippen LogP contribution in [0.25, 0.3) is 0 Å². The van der Waals surface area contributed by atoms with Crippen LogP contribution < -0.4 is 0 Å². The minimum absolute atomic E-state index is 0.488. The fraction of sp³-hybridized carbons (Fsp3) is 0.667. The van der Waals surface area contributed by atoms with E-state index in [1.165, 1.54) is 12.0 Å². The summed E-state index contributed by atoms with van der Waals surface area (Å²) < 4.78 is 0. The van der Waals surface area contributed by atoms with E-state index in [1.807, 2.05) is 14.1 Å². The number of rotatable bonds is 6. The Kier molecular flexibility index (Phi) is 6.22. The minimum Gasteiger partial charge on any atom is -0.389 e. The van der Waals surface area contributed by atoms with Crippen LogP contribution in [0.3, 0.4) is 0 Å². The van der Waals surface area contributed by atoms with E-state index in [9.17, 15) is 5.11 Å². The normalized spacial score (nSPS) is 24.2. The van der Waals surface area contributed by atoms with Crippen LogP contribution in [0.5, 0.6) is 0 Å². The zero-order chi connectivity index (χ0) is 15.1. The third kappa shape index (κ3) is 5.77. The van der Waals surface area contributed by atoms with Gasteiger partial charge >= 0.3 is 0 Å². The van der Waals surface area contributed by atoms with Gasteiger partial charge in [-0.1, -0.05) is 30.3 Å². The van der Waals surface area contributed by atoms with E-state index in [0.717, 1.165) is 51.9 Å². The molecule has 0 aliphatic carbocycles. The van der Waals surface area contributed by atoms with Gasteiger partial charge in [-0.25, -0.2) is 0 Å². The predicted molar refractivity (Wildman–Crippen MR) is 88.6 cm³/mol. The molecule has 1 aliphatic rings. The summed E-state index contributed by atoms with van der Waals surface area (Å²) in [5.41, 5.74) is 0.939. The first-order valence-electron chi connectivity index (χ1n) is 8.21. The molecule has 1 heterocycles. The molecular formula is C18H30N2O. The average molecular weight is 290 g/mol. The summed E-state index contributed by atoms with van der Waals surface area (Å²) in [6.07, 6.45) is 5.29. The molecule has 1 saturated heterocycles. The number of likely N-dealkylation sites (tertiary alicyclic amines) is 1. The predicted octanol–water partition coefficient (Wildman–Crippen LogP) is 2.40. The monoisotopic (exact) mass is 290 g/mol. The van der Waals surface area contributed by atoms with Crippen molar-refractivity contribution in [3.05, 3.63) is 35.9 Å². The second-order valence-electron chi connectivity index (χ2n) is 6.75. The van der Waals surface area contributed by atoms with Crippen molar-refractivity contribution in [2.45, 2.75) is 37.7 Å². The molecule has 3 heteroatoms. The van der Waals surface area contributed by atoms with Gasteiger partial charge in [0.15, 0.2) is 0 Å². The van der Waals surface area contributed by atoms with Gasteiger partial charge in [-0.15, -0.1) is 0 Å². The highest BCUT2D eigenvalue weighted by Crippen LogP contribution is 2.23. The summed E-state index contributed by atoms with van der Waals surface area (Å²) >= 11 is 0. The smallest absolute Gasteiger partial charge is 0.0786 e. The molecule has 1 fully saturated rings. The molecule has 1 atom stereocenters. The maximum atomic E-state index is 10.7. The highest BCUT2D eigenvalue weighted by Gasteiger charge is 2.30. The number of hydrogen-bond donors (Lipinski definition) is 1. The molecule has 1 aromatic rings. The average Bonchev–Trinajstić information content (AvgIpc) is 2.61. The lowest BCUT2D eigenvalue weighted by molar-refractivity contribution is 0.00274. The zero-order valence-corrected chi connectivity index (χ0v) is 13.6. The molecular weight excluding hydrogens is 260 g/mol. The van der Waals surface area contributed by atoms with E-state index >= 15 is 0 Å². The standard InChI is InChI=1S/C18H30N2O/c1-19(2)16-18(21)11-7-14-20(15-12-18)13-6-10-17-8-4-3-5-9-17/h3-5,8-9,21H,6-7,10-16H2,1-2H3. The van der Waals surface area contributed by atoms with E-state index in [-0.39, 0.29) is 0 Å². The molecule has 118 valence electrons. The number of hydrogen-bond acceptors (Lipinski definition) is 3. The van der Waals surface area contributed by atoms with Gasteiger partial charge in [-0.05, 0) is 64.9 Å². The minimum atomic E-state index is -0.488. The number of likely N-dealkylation sites (N-methyl/N-ethyl adjacent to an activating group) is 1. The highest BCUT2D eigenvalue weighted by molar-refractivity contribution is 5.14. The van der Waals surface area contributed by atoms with Crippen molar-refractivity contribution in [3.63, 3.8) is 0 Å². The van der Waals surface area contributed by atoms with E-state index in [0.29, 0.717) is 0 Å². The van der Waals surface area contributed by atoms with Gasteiger partial charge < -0.3 is 14.9 Å². The molecule has 1 aromatic carbocycles. The van der Waals surface area contributed by atoms with Crippen molar-refractivity contribution in [2.24, 2.45) is 0 Å². The van der Waals surface area contributed by atoms with Crippen LogP contribution in [0, 0.1) is 0 Å². The van der Waals surface area contributed by atoms with Gasteiger partial charge in [0.25, 0.3) is 0 Å². The van der Waals surface area contributed by atoms with Gasteiger partial charge in [0, 0.05) is 13.1 Å². The first-order chi connectivity index (χ1) is 10.1. The Morgan fingerprint density at radius 2 is 1.90 bits per heavy atom. The first-order valence-corrected chi connectivity index (χ1v) is 8.21. The van der Waals surface area contributed by atoms with Crippen molar-refractivity contribution in [2.75, 3.05) is 40.3 Å². The van der Waals surface area contributed by atoms with Gasteiger partial charge in [0.05, 0.1) is 5.60 Å². The third-order valence-corrected chi connectivity index (χ3v) is 4.40. The number of nitrogens with zero attached hydrogens (tertiary/aromatic N) is 2. The summed E-state index contributed by atoms with van der Waals surface area (Å²) in [5.74, 6) is 0. The number of aliphatic hydroxyl groups is 1. The van der Waals surface area contributed by atoms with Crippen LogP contribution in [0.2, 0.25) is 0 Å². The summed E-state index contributed by atoms with van der Waals surface area (Å²) in [6.45, 7) is 4.08. The fourth-order valence-electron chi connectivity index (χ4n) is 3.36. The molecule has 1 N–H and O–H groups in total. The van der Waals surface area contributed by atoms with Gasteiger partial charge in [0.1, 0.15) is 0 Å². The molecule has 0 spiro atoms. The van der Waals surface area contributed by atoms with Crippen LogP contribution in [0.1, 0.15) is 31.2 Å². The Labute approximate surface area is 129 Å². The SMILES string of the molecule is CN(C)CC1(O)CCCN(CCCc2ccccc2)CC1. The summed E-state index contributed by atoms with van der Waals surface area (Å²) in [6, 6.07) is 10.7. The van der Waals surface area contributed by atoms with Crippen molar-refractivity contribution >= 4 is 0 Å². The fourth-order valence-corrected chi connectivity index (χ4v) is 3.36. The maximum absolute atomic E-state index is 10.7. The Balaban J connectivity index is 1.73. The van der Waals surface area contributed by atoms with Gasteiger partial charge in [-0.3, -0.25) is 0 Å². The number of aryl methyl sites for hydroxylation is 1. The lowest BCUT2D eigenvalue weighted by Gasteiger charge is -2.30. The molecule has 0 saturated carbocycles. The van der Waals surface area contributed by atoms with Crippen molar-refractivity contribution in [1.29, 1.82) is 0 Å². The number of benzene rings is 1. The molecule has 21 heavy (non-hydrogen) atoms. The quantitative estimate of drug-likeness (QED) is 0.871. The maximum Gasteiger partial charge on any atom is 0.0786 e. The lowest BCUT2D eigenvalue weighted by Crippen LogP contribution is -2.41. The highest BCUT2D eigenvalue weighted by atomic mass is 16.3. The van der Waals surface area contributed by atoms with E-state index in [4.69, 9.17) is 0 Å². The summed E-state index contributed by atoms with van der Waals surface area (Å²) in [5, 5.41) is 10.7. The summed E-state index contributed by atoms with van der Waals surface area (Å²) in [7, 11) is 4.08. The zero-order valence-electron chi connectivity index (χ0n) is 13.6. The van der Waals surface area contributed by atoms with Crippen LogP contribution in [0.4, 0.5) is 0 Å². The second-order valence-corrected chi connectivity index (χ2v) is 6.75. The Morgan fingerprint density at radius 3 is 2.62 bits per heavy atom. The molecule has 0 bridgehead atoms. The van der Waals surface area contributed by atoms with E-state index in [1.54, 1.807) is 0 Å². The molecule has 3 nitrogen and oxygen atoms in total. The van der Waals surface area contributed by atoms with E-state index in [2.05, 4.69) is 40.1 Å². The van der Waals surface area contributed by atoms with Gasteiger partial charge in [-0.2, -0.15) is 0 Å². The lowest BCUT2D eigenvalue weighted by atomic mass is 9.94. The molecule has 0 amide bonds. The molecule has 1 unspecified atom stereocenters. The Bertz CT molecular complexity index is 407. The first kappa shape index (κ1) is 16.5. The Morgan fingerprint density at radius 1 is 1.14 bits per heavy atom. The van der Waals surface area contributed by atoms with Crippen LogP contribution >= 0.6 is 0 Å².